The third-order valence-electron chi connectivity index (χ3n) is 2.68. The predicted molar refractivity (Wildman–Crippen MR) is 75.7 cm³/mol. The average molecular weight is 347 g/mol. The molecule has 6 nitrogen and oxygen atoms in total. The van der Waals surface area contributed by atoms with Gasteiger partial charge in [0, 0.05) is 12.4 Å². The van der Waals surface area contributed by atoms with Gasteiger partial charge in [-0.2, -0.15) is 13.2 Å². The van der Waals surface area contributed by atoms with E-state index in [2.05, 4.69) is 15.3 Å². The number of halogens is 3. The summed E-state index contributed by atoms with van der Waals surface area (Å²) >= 11 is 0. The van der Waals surface area contributed by atoms with E-state index in [0.717, 1.165) is 12.1 Å². The second kappa shape index (κ2) is 6.82. The lowest BCUT2D eigenvalue weighted by Crippen LogP contribution is -2.23. The highest BCUT2D eigenvalue weighted by molar-refractivity contribution is 7.92. The lowest BCUT2D eigenvalue weighted by Gasteiger charge is -2.10. The minimum Gasteiger partial charge on any atom is -0.492 e. The summed E-state index contributed by atoms with van der Waals surface area (Å²) in [6.45, 7) is 0.600. The van der Waals surface area contributed by atoms with Gasteiger partial charge in [0.15, 0.2) is 0 Å². The predicted octanol–water partition coefficient (Wildman–Crippen LogP) is 2.26. The van der Waals surface area contributed by atoms with E-state index < -0.39 is 20.2 Å². The Hall–Kier alpha value is -2.36. The van der Waals surface area contributed by atoms with E-state index in [1.54, 1.807) is 0 Å². The first-order valence-electron chi connectivity index (χ1n) is 6.35. The lowest BCUT2D eigenvalue weighted by molar-refractivity contribution is -0.0436. The lowest BCUT2D eigenvalue weighted by atomic mass is 10.3. The van der Waals surface area contributed by atoms with Crippen LogP contribution in [-0.2, 0) is 9.84 Å². The number of anilines is 1. The molecule has 0 saturated heterocycles. The fourth-order valence-electron chi connectivity index (χ4n) is 1.59. The summed E-state index contributed by atoms with van der Waals surface area (Å²) in [5.41, 5.74) is -5.32. The number of ether oxygens (including phenoxy) is 1. The molecule has 0 unspecified atom stereocenters. The standard InChI is InChI=1S/C13H12F3N3O3S/c14-13(15,16)23(20,21)11-3-1-10(2-4-11)22-8-7-19-12-9-17-5-6-18-12/h1-6,9H,7-8H2,(H,18,19). The van der Waals surface area contributed by atoms with Gasteiger partial charge in [-0.25, -0.2) is 13.4 Å². The number of nitrogens with one attached hydrogen (secondary N) is 1. The molecule has 2 aromatic rings. The maximum atomic E-state index is 12.4. The fraction of sp³-hybridized carbons (Fsp3) is 0.231. The number of rotatable bonds is 6. The molecular formula is C13H12F3N3O3S. The van der Waals surface area contributed by atoms with Crippen molar-refractivity contribution in [1.29, 1.82) is 0 Å². The quantitative estimate of drug-likeness (QED) is 0.808. The van der Waals surface area contributed by atoms with Crippen LogP contribution in [0.15, 0.2) is 47.8 Å². The molecule has 0 fully saturated rings. The van der Waals surface area contributed by atoms with E-state index in [1.807, 2.05) is 0 Å². The molecule has 0 radical (unpaired) electrons. The first-order valence-corrected chi connectivity index (χ1v) is 7.83. The van der Waals surface area contributed by atoms with Crippen LogP contribution in [0.5, 0.6) is 5.75 Å². The summed E-state index contributed by atoms with van der Waals surface area (Å²) in [7, 11) is -5.34. The van der Waals surface area contributed by atoms with Crippen molar-refractivity contribution in [1.82, 2.24) is 9.97 Å². The molecule has 10 heteroatoms. The van der Waals surface area contributed by atoms with E-state index in [9.17, 15) is 21.6 Å². The Bertz CT molecular complexity index is 735. The molecule has 1 aromatic heterocycles. The van der Waals surface area contributed by atoms with Crippen molar-refractivity contribution in [2.45, 2.75) is 10.4 Å². The van der Waals surface area contributed by atoms with Crippen molar-refractivity contribution >= 4 is 15.7 Å². The number of sulfone groups is 1. The number of benzene rings is 1. The summed E-state index contributed by atoms with van der Waals surface area (Å²) in [5.74, 6) is 0.815. The molecule has 1 heterocycles. The van der Waals surface area contributed by atoms with Gasteiger partial charge in [0.05, 0.1) is 17.6 Å². The minimum atomic E-state index is -5.34. The van der Waals surface area contributed by atoms with E-state index in [1.165, 1.54) is 30.7 Å². The molecule has 0 aliphatic carbocycles. The molecule has 0 amide bonds. The van der Waals surface area contributed by atoms with Crippen LogP contribution in [0.3, 0.4) is 0 Å². The third-order valence-corrected chi connectivity index (χ3v) is 4.18. The van der Waals surface area contributed by atoms with E-state index >= 15 is 0 Å². The molecule has 124 valence electrons. The molecule has 0 aliphatic heterocycles. The second-order valence-corrected chi connectivity index (χ2v) is 6.23. The molecule has 0 spiro atoms. The van der Waals surface area contributed by atoms with Crippen LogP contribution in [0.1, 0.15) is 0 Å². The topological polar surface area (TPSA) is 81.2 Å². The molecule has 0 saturated carbocycles. The van der Waals surface area contributed by atoms with E-state index in [0.29, 0.717) is 12.4 Å². The van der Waals surface area contributed by atoms with Crippen molar-refractivity contribution in [3.05, 3.63) is 42.9 Å². The van der Waals surface area contributed by atoms with Gasteiger partial charge in [0.1, 0.15) is 18.2 Å². The second-order valence-electron chi connectivity index (χ2n) is 4.29. The van der Waals surface area contributed by atoms with Crippen molar-refractivity contribution in [2.75, 3.05) is 18.5 Å². The number of hydrogen-bond donors (Lipinski definition) is 1. The molecule has 0 aliphatic rings. The SMILES string of the molecule is O=S(=O)(c1ccc(OCCNc2cnccn2)cc1)C(F)(F)F. The molecule has 0 atom stereocenters. The Morgan fingerprint density at radius 3 is 2.39 bits per heavy atom. The van der Waals surface area contributed by atoms with Gasteiger partial charge >= 0.3 is 5.51 Å². The average Bonchev–Trinajstić information content (AvgIpc) is 2.52. The van der Waals surface area contributed by atoms with Gasteiger partial charge in [-0.05, 0) is 24.3 Å². The van der Waals surface area contributed by atoms with Crippen molar-refractivity contribution in [3.8, 4) is 5.75 Å². The van der Waals surface area contributed by atoms with E-state index in [4.69, 9.17) is 4.74 Å². The molecule has 1 N–H and O–H groups in total. The zero-order chi connectivity index (χ0) is 16.9. The van der Waals surface area contributed by atoms with Crippen LogP contribution in [0.4, 0.5) is 19.0 Å². The summed E-state index contributed by atoms with van der Waals surface area (Å²) in [6.07, 6.45) is 4.57. The van der Waals surface area contributed by atoms with Crippen LogP contribution in [0.25, 0.3) is 0 Å². The highest BCUT2D eigenvalue weighted by atomic mass is 32.2. The van der Waals surface area contributed by atoms with Crippen molar-refractivity contribution < 1.29 is 26.3 Å². The Morgan fingerprint density at radius 1 is 1.13 bits per heavy atom. The summed E-state index contributed by atoms with van der Waals surface area (Å²) < 4.78 is 64.9. The monoisotopic (exact) mass is 347 g/mol. The molecular weight excluding hydrogens is 335 g/mol. The summed E-state index contributed by atoms with van der Waals surface area (Å²) in [6, 6.07) is 4.05. The highest BCUT2D eigenvalue weighted by Gasteiger charge is 2.46. The Kier molecular flexibility index (Phi) is 5.04. The number of alkyl halides is 3. The summed E-state index contributed by atoms with van der Waals surface area (Å²) in [5, 5.41) is 2.93. The molecule has 0 bridgehead atoms. The Labute approximate surface area is 130 Å². The van der Waals surface area contributed by atoms with Crippen molar-refractivity contribution in [3.63, 3.8) is 0 Å². The third kappa shape index (κ3) is 4.31. The maximum Gasteiger partial charge on any atom is 0.501 e. The smallest absolute Gasteiger partial charge is 0.492 e. The summed E-state index contributed by atoms with van der Waals surface area (Å²) in [4.78, 5) is 7.02. The zero-order valence-electron chi connectivity index (χ0n) is 11.6. The van der Waals surface area contributed by atoms with Crippen LogP contribution in [0, 0.1) is 0 Å². The van der Waals surface area contributed by atoms with Gasteiger partial charge in [-0.3, -0.25) is 4.98 Å². The molecule has 23 heavy (non-hydrogen) atoms. The first-order chi connectivity index (χ1) is 10.8. The van der Waals surface area contributed by atoms with Crippen LogP contribution >= 0.6 is 0 Å². The van der Waals surface area contributed by atoms with Gasteiger partial charge in [0.2, 0.25) is 0 Å². The molecule has 1 aromatic carbocycles. The fourth-order valence-corrected chi connectivity index (χ4v) is 2.35. The first kappa shape index (κ1) is 17.0. The highest BCUT2D eigenvalue weighted by Crippen LogP contribution is 2.30. The number of aromatic nitrogens is 2. The van der Waals surface area contributed by atoms with Crippen LogP contribution in [0.2, 0.25) is 0 Å². The van der Waals surface area contributed by atoms with Gasteiger partial charge in [-0.1, -0.05) is 0 Å². The van der Waals surface area contributed by atoms with E-state index in [-0.39, 0.29) is 12.4 Å². The van der Waals surface area contributed by atoms with Gasteiger partial charge in [-0.15, -0.1) is 0 Å². The van der Waals surface area contributed by atoms with Crippen LogP contribution < -0.4 is 10.1 Å². The normalized spacial score (nSPS) is 12.0. The maximum absolute atomic E-state index is 12.4. The van der Waals surface area contributed by atoms with Crippen molar-refractivity contribution in [2.24, 2.45) is 0 Å². The largest absolute Gasteiger partial charge is 0.501 e. The van der Waals surface area contributed by atoms with Gasteiger partial charge < -0.3 is 10.1 Å². The zero-order valence-corrected chi connectivity index (χ0v) is 12.4. The van der Waals surface area contributed by atoms with Gasteiger partial charge in [0.25, 0.3) is 9.84 Å². The number of hydrogen-bond acceptors (Lipinski definition) is 6. The minimum absolute atomic E-state index is 0.210. The Morgan fingerprint density at radius 2 is 1.83 bits per heavy atom. The van der Waals surface area contributed by atoms with Crippen LogP contribution in [-0.4, -0.2) is 37.0 Å². The number of nitrogens with zero attached hydrogens (tertiary/aromatic N) is 2. The Balaban J connectivity index is 1.88. The molecule has 2 rings (SSSR count).